The summed E-state index contributed by atoms with van der Waals surface area (Å²) in [7, 11) is 0. The van der Waals surface area contributed by atoms with E-state index in [1.807, 2.05) is 30.3 Å². The van der Waals surface area contributed by atoms with Gasteiger partial charge in [-0.2, -0.15) is 0 Å². The molecule has 5 heteroatoms. The second-order valence-corrected chi connectivity index (χ2v) is 5.02. The highest BCUT2D eigenvalue weighted by Crippen LogP contribution is 2.11. The quantitative estimate of drug-likeness (QED) is 0.804. The second-order valence-electron chi connectivity index (χ2n) is 5.02. The van der Waals surface area contributed by atoms with Gasteiger partial charge in [-0.05, 0) is 23.8 Å². The molecule has 3 rings (SSSR count). The Hall–Kier alpha value is -3.21. The predicted octanol–water partition coefficient (Wildman–Crippen LogP) is 2.65. The maximum Gasteiger partial charge on any atom is 0.323 e. The first-order valence-electron chi connectivity index (χ1n) is 7.09. The Morgan fingerprint density at radius 3 is 2.48 bits per heavy atom. The van der Waals surface area contributed by atoms with Crippen LogP contribution in [0, 0.1) is 0 Å². The average Bonchev–Trinajstić information content (AvgIpc) is 2.56. The van der Waals surface area contributed by atoms with Gasteiger partial charge in [0.25, 0.3) is 5.56 Å². The number of benzene rings is 2. The average molecular weight is 306 g/mol. The molecule has 0 saturated heterocycles. The molecule has 0 fully saturated rings. The molecule has 0 unspecified atom stereocenters. The van der Waals surface area contributed by atoms with Gasteiger partial charge in [0.15, 0.2) is 0 Å². The lowest BCUT2D eigenvalue weighted by molar-refractivity contribution is -0.137. The smallest absolute Gasteiger partial charge is 0.323 e. The van der Waals surface area contributed by atoms with Gasteiger partial charge >= 0.3 is 5.97 Å². The Morgan fingerprint density at radius 1 is 1.04 bits per heavy atom. The zero-order valence-corrected chi connectivity index (χ0v) is 12.2. The molecular formula is C18H14N2O3. The van der Waals surface area contributed by atoms with Gasteiger partial charge in [0.1, 0.15) is 12.4 Å². The maximum absolute atomic E-state index is 12.5. The molecule has 23 heavy (non-hydrogen) atoms. The van der Waals surface area contributed by atoms with E-state index in [1.165, 1.54) is 4.57 Å². The molecule has 3 aromatic rings. The summed E-state index contributed by atoms with van der Waals surface area (Å²) in [6.07, 6.45) is 3.46. The lowest BCUT2D eigenvalue weighted by atomic mass is 10.2. The van der Waals surface area contributed by atoms with Crippen molar-refractivity contribution in [2.75, 3.05) is 0 Å². The zero-order valence-electron chi connectivity index (χ0n) is 12.2. The summed E-state index contributed by atoms with van der Waals surface area (Å²) in [6.45, 7) is -0.425. The van der Waals surface area contributed by atoms with E-state index in [-0.39, 0.29) is 5.56 Å². The van der Waals surface area contributed by atoms with Gasteiger partial charge in [-0.15, -0.1) is 0 Å². The van der Waals surface area contributed by atoms with Crippen LogP contribution in [0.5, 0.6) is 0 Å². The molecule has 0 amide bonds. The number of carboxylic acids is 1. The zero-order chi connectivity index (χ0) is 16.2. The lowest BCUT2D eigenvalue weighted by Gasteiger charge is -2.08. The van der Waals surface area contributed by atoms with Crippen molar-refractivity contribution in [3.05, 3.63) is 76.3 Å². The van der Waals surface area contributed by atoms with Gasteiger partial charge in [-0.25, -0.2) is 4.98 Å². The summed E-state index contributed by atoms with van der Waals surface area (Å²) in [4.78, 5) is 28.0. The van der Waals surface area contributed by atoms with Crippen LogP contribution in [0.15, 0.2) is 59.4 Å². The molecule has 5 nitrogen and oxygen atoms in total. The van der Waals surface area contributed by atoms with Crippen LogP contribution >= 0.6 is 0 Å². The van der Waals surface area contributed by atoms with Crippen LogP contribution < -0.4 is 5.56 Å². The summed E-state index contributed by atoms with van der Waals surface area (Å²) in [5.74, 6) is -0.765. The van der Waals surface area contributed by atoms with Gasteiger partial charge in [-0.3, -0.25) is 14.2 Å². The Kier molecular flexibility index (Phi) is 4.01. The highest BCUT2D eigenvalue weighted by atomic mass is 16.4. The fourth-order valence-electron chi connectivity index (χ4n) is 2.34. The second kappa shape index (κ2) is 6.27. The molecule has 0 bridgehead atoms. The summed E-state index contributed by atoms with van der Waals surface area (Å²) < 4.78 is 1.17. The molecule has 1 heterocycles. The van der Waals surface area contributed by atoms with Crippen molar-refractivity contribution in [3.8, 4) is 0 Å². The minimum absolute atomic E-state index is 0.319. The van der Waals surface area contributed by atoms with Crippen molar-refractivity contribution >= 4 is 29.0 Å². The Labute approximate surface area is 132 Å². The number of aliphatic carboxylic acids is 1. The summed E-state index contributed by atoms with van der Waals surface area (Å²) in [6, 6.07) is 16.4. The molecule has 0 spiro atoms. The number of aromatic nitrogens is 2. The minimum Gasteiger partial charge on any atom is -0.480 e. The van der Waals surface area contributed by atoms with Crippen molar-refractivity contribution in [3.63, 3.8) is 0 Å². The van der Waals surface area contributed by atoms with Crippen molar-refractivity contribution in [1.82, 2.24) is 9.55 Å². The van der Waals surface area contributed by atoms with Crippen LogP contribution in [0.2, 0.25) is 0 Å². The predicted molar refractivity (Wildman–Crippen MR) is 89.0 cm³/mol. The van der Waals surface area contributed by atoms with E-state index in [9.17, 15) is 9.59 Å². The number of nitrogens with zero attached hydrogens (tertiary/aromatic N) is 2. The fraction of sp³-hybridized carbons (Fsp3) is 0.0556. The minimum atomic E-state index is -1.08. The SMILES string of the molecule is O=C(O)Cn1c(C=Cc2ccccc2)nc2ccccc2c1=O. The number of carboxylic acid groups (broad SMARTS) is 1. The van der Waals surface area contributed by atoms with Crippen LogP contribution in [-0.2, 0) is 11.3 Å². The van der Waals surface area contributed by atoms with Gasteiger partial charge < -0.3 is 5.11 Å². The molecule has 0 atom stereocenters. The molecular weight excluding hydrogens is 292 g/mol. The summed E-state index contributed by atoms with van der Waals surface area (Å²) >= 11 is 0. The molecule has 2 aromatic carbocycles. The number of hydrogen-bond acceptors (Lipinski definition) is 3. The molecule has 0 aliphatic heterocycles. The number of hydrogen-bond donors (Lipinski definition) is 1. The standard InChI is InChI=1S/C18H14N2O3/c21-17(22)12-20-16(11-10-13-6-2-1-3-7-13)19-15-9-5-4-8-14(15)18(20)23/h1-11H,12H2,(H,21,22). The molecule has 0 saturated carbocycles. The van der Waals surface area contributed by atoms with Gasteiger partial charge in [-0.1, -0.05) is 48.5 Å². The van der Waals surface area contributed by atoms with Crippen LogP contribution in [-0.4, -0.2) is 20.6 Å². The van der Waals surface area contributed by atoms with Crippen LogP contribution in [0.4, 0.5) is 0 Å². The molecule has 114 valence electrons. The number of carbonyl (C=O) groups is 1. The monoisotopic (exact) mass is 306 g/mol. The normalized spacial score (nSPS) is 11.1. The Balaban J connectivity index is 2.15. The van der Waals surface area contributed by atoms with E-state index in [0.717, 1.165) is 5.56 Å². The Morgan fingerprint density at radius 2 is 1.74 bits per heavy atom. The maximum atomic E-state index is 12.5. The Bertz CT molecular complexity index is 943. The first kappa shape index (κ1) is 14.7. The van der Waals surface area contributed by atoms with E-state index in [4.69, 9.17) is 5.11 Å². The molecule has 0 aliphatic carbocycles. The van der Waals surface area contributed by atoms with Crippen LogP contribution in [0.25, 0.3) is 23.1 Å². The van der Waals surface area contributed by atoms with Gasteiger partial charge in [0.2, 0.25) is 0 Å². The van der Waals surface area contributed by atoms with E-state index in [1.54, 1.807) is 36.4 Å². The third kappa shape index (κ3) is 3.18. The lowest BCUT2D eigenvalue weighted by Crippen LogP contribution is -2.27. The van der Waals surface area contributed by atoms with Gasteiger partial charge in [0.05, 0.1) is 10.9 Å². The van der Waals surface area contributed by atoms with Crippen LogP contribution in [0.3, 0.4) is 0 Å². The molecule has 0 radical (unpaired) electrons. The van der Waals surface area contributed by atoms with Crippen molar-refractivity contribution in [2.24, 2.45) is 0 Å². The van der Waals surface area contributed by atoms with Crippen molar-refractivity contribution < 1.29 is 9.90 Å². The molecule has 0 aliphatic rings. The number of fused-ring (bicyclic) bond motifs is 1. The highest BCUT2D eigenvalue weighted by Gasteiger charge is 2.11. The topological polar surface area (TPSA) is 72.2 Å². The largest absolute Gasteiger partial charge is 0.480 e. The number of rotatable bonds is 4. The first-order valence-corrected chi connectivity index (χ1v) is 7.09. The van der Waals surface area contributed by atoms with Crippen LogP contribution in [0.1, 0.15) is 11.4 Å². The van der Waals surface area contributed by atoms with Gasteiger partial charge in [0, 0.05) is 0 Å². The fourth-order valence-corrected chi connectivity index (χ4v) is 2.34. The van der Waals surface area contributed by atoms with E-state index < -0.39 is 12.5 Å². The third-order valence-electron chi connectivity index (χ3n) is 3.41. The van der Waals surface area contributed by atoms with Crippen molar-refractivity contribution in [1.29, 1.82) is 0 Å². The number of para-hydroxylation sites is 1. The molecule has 1 N–H and O–H groups in total. The third-order valence-corrected chi connectivity index (χ3v) is 3.41. The summed E-state index contributed by atoms with van der Waals surface area (Å²) in [5, 5.41) is 9.47. The van der Waals surface area contributed by atoms with E-state index in [2.05, 4.69) is 4.98 Å². The van der Waals surface area contributed by atoms with Crippen molar-refractivity contribution in [2.45, 2.75) is 6.54 Å². The van der Waals surface area contributed by atoms with E-state index in [0.29, 0.717) is 16.7 Å². The summed E-state index contributed by atoms with van der Waals surface area (Å²) in [5.41, 5.74) is 1.13. The van der Waals surface area contributed by atoms with E-state index >= 15 is 0 Å². The molecule has 1 aromatic heterocycles. The first-order chi connectivity index (χ1) is 11.1. The highest BCUT2D eigenvalue weighted by molar-refractivity contribution is 5.80.